The Labute approximate surface area is 175 Å². The van der Waals surface area contributed by atoms with Crippen LogP contribution in [0.5, 0.6) is 17.2 Å². The number of hydrogen-bond acceptors (Lipinski definition) is 5. The predicted octanol–water partition coefficient (Wildman–Crippen LogP) is 5.81. The average molecular weight is 406 g/mol. The van der Waals surface area contributed by atoms with Crippen molar-refractivity contribution in [3.8, 4) is 28.4 Å². The molecule has 2 aromatic carbocycles. The first-order valence-corrected chi connectivity index (χ1v) is 9.85. The smallest absolute Gasteiger partial charge is 0.204 e. The van der Waals surface area contributed by atoms with Crippen LogP contribution in [0.4, 0.5) is 0 Å². The van der Waals surface area contributed by atoms with Crippen molar-refractivity contribution in [2.24, 2.45) is 0 Å². The Balaban J connectivity index is 1.93. The van der Waals surface area contributed by atoms with E-state index in [0.29, 0.717) is 17.5 Å². The molecule has 0 amide bonds. The average Bonchev–Trinajstić information content (AvgIpc) is 2.67. The van der Waals surface area contributed by atoms with E-state index < -0.39 is 5.43 Å². The van der Waals surface area contributed by atoms with Crippen molar-refractivity contribution < 1.29 is 19.7 Å². The Morgan fingerprint density at radius 3 is 2.50 bits per heavy atom. The summed E-state index contributed by atoms with van der Waals surface area (Å²) in [4.78, 5) is 12.9. The van der Waals surface area contributed by atoms with Gasteiger partial charge >= 0.3 is 0 Å². The standard InChI is InChI=1S/C25H26O5/c1-15(2)5-4-6-16(3)7-8-18-11-17(9-10-21(18)27)20-14-30-23-13-19(26)12-22(28)24(23)25(20)29/h5,7,9-14,26-28H,4,6,8H2,1-3H3. The van der Waals surface area contributed by atoms with E-state index in [1.165, 1.54) is 23.5 Å². The molecule has 0 aliphatic rings. The molecule has 0 radical (unpaired) electrons. The van der Waals surface area contributed by atoms with Crippen molar-refractivity contribution in [2.45, 2.75) is 40.0 Å². The fraction of sp³-hybridized carbons (Fsp3) is 0.240. The zero-order valence-electron chi connectivity index (χ0n) is 17.4. The lowest BCUT2D eigenvalue weighted by Gasteiger charge is -2.08. The third-order valence-electron chi connectivity index (χ3n) is 4.99. The van der Waals surface area contributed by atoms with Gasteiger partial charge in [0.2, 0.25) is 5.43 Å². The lowest BCUT2D eigenvalue weighted by molar-refractivity contribution is 0.452. The van der Waals surface area contributed by atoms with Crippen LogP contribution < -0.4 is 5.43 Å². The van der Waals surface area contributed by atoms with Crippen LogP contribution in [0, 0.1) is 0 Å². The highest BCUT2D eigenvalue weighted by molar-refractivity contribution is 5.88. The van der Waals surface area contributed by atoms with Gasteiger partial charge < -0.3 is 19.7 Å². The third-order valence-corrected chi connectivity index (χ3v) is 4.99. The van der Waals surface area contributed by atoms with Gasteiger partial charge in [0.15, 0.2) is 0 Å². The number of hydrogen-bond donors (Lipinski definition) is 3. The number of rotatable bonds is 6. The van der Waals surface area contributed by atoms with Crippen LogP contribution in [0.3, 0.4) is 0 Å². The fourth-order valence-corrected chi connectivity index (χ4v) is 3.31. The summed E-state index contributed by atoms with van der Waals surface area (Å²) in [6.45, 7) is 6.22. The SMILES string of the molecule is CC(C)=CCCC(C)=CCc1cc(-c2coc3cc(O)cc(O)c3c2=O)ccc1O. The minimum Gasteiger partial charge on any atom is -0.508 e. The van der Waals surface area contributed by atoms with Gasteiger partial charge in [-0.15, -0.1) is 0 Å². The van der Waals surface area contributed by atoms with Crippen LogP contribution in [0.15, 0.2) is 69.1 Å². The summed E-state index contributed by atoms with van der Waals surface area (Å²) in [5.41, 5.74) is 3.78. The van der Waals surface area contributed by atoms with Gasteiger partial charge in [-0.2, -0.15) is 0 Å². The number of benzene rings is 2. The van der Waals surface area contributed by atoms with E-state index in [2.05, 4.69) is 32.9 Å². The maximum absolute atomic E-state index is 12.9. The second-order valence-electron chi connectivity index (χ2n) is 7.73. The Kier molecular flexibility index (Phi) is 6.31. The molecule has 0 saturated heterocycles. The second-order valence-corrected chi connectivity index (χ2v) is 7.73. The Hall–Kier alpha value is -3.47. The van der Waals surface area contributed by atoms with E-state index in [1.54, 1.807) is 18.2 Å². The first-order valence-electron chi connectivity index (χ1n) is 9.85. The molecule has 0 fully saturated rings. The molecule has 0 spiro atoms. The van der Waals surface area contributed by atoms with Gasteiger partial charge in [-0.05, 0) is 63.3 Å². The van der Waals surface area contributed by atoms with Crippen LogP contribution >= 0.6 is 0 Å². The molecule has 156 valence electrons. The molecule has 0 aliphatic heterocycles. The van der Waals surface area contributed by atoms with E-state index in [1.807, 2.05) is 0 Å². The molecule has 30 heavy (non-hydrogen) atoms. The second kappa shape index (κ2) is 8.91. The van der Waals surface area contributed by atoms with Crippen LogP contribution in [0.1, 0.15) is 39.2 Å². The maximum Gasteiger partial charge on any atom is 0.204 e. The van der Waals surface area contributed by atoms with Gasteiger partial charge in [0.1, 0.15) is 34.5 Å². The highest BCUT2D eigenvalue weighted by atomic mass is 16.3. The molecule has 3 rings (SSSR count). The van der Waals surface area contributed by atoms with Crippen LogP contribution in [-0.2, 0) is 6.42 Å². The molecule has 0 bridgehead atoms. The molecule has 3 N–H and O–H groups in total. The summed E-state index contributed by atoms with van der Waals surface area (Å²) >= 11 is 0. The van der Waals surface area contributed by atoms with Crippen molar-refractivity contribution in [2.75, 3.05) is 0 Å². The largest absolute Gasteiger partial charge is 0.508 e. The van der Waals surface area contributed by atoms with Gasteiger partial charge in [0, 0.05) is 12.1 Å². The number of fused-ring (bicyclic) bond motifs is 1. The lowest BCUT2D eigenvalue weighted by atomic mass is 9.99. The van der Waals surface area contributed by atoms with Gasteiger partial charge in [0.05, 0.1) is 5.56 Å². The molecule has 5 nitrogen and oxygen atoms in total. The Morgan fingerprint density at radius 2 is 1.77 bits per heavy atom. The summed E-state index contributed by atoms with van der Waals surface area (Å²) < 4.78 is 5.47. The van der Waals surface area contributed by atoms with Crippen molar-refractivity contribution >= 4 is 11.0 Å². The van der Waals surface area contributed by atoms with Gasteiger partial charge in [-0.3, -0.25) is 4.79 Å². The van der Waals surface area contributed by atoms with Crippen molar-refractivity contribution in [1.29, 1.82) is 0 Å². The zero-order chi connectivity index (χ0) is 21.8. The Bertz CT molecular complexity index is 1190. The highest BCUT2D eigenvalue weighted by Crippen LogP contribution is 2.31. The minimum atomic E-state index is -0.404. The van der Waals surface area contributed by atoms with E-state index in [-0.39, 0.29) is 33.8 Å². The van der Waals surface area contributed by atoms with Crippen molar-refractivity contribution in [3.63, 3.8) is 0 Å². The summed E-state index contributed by atoms with van der Waals surface area (Å²) in [6, 6.07) is 7.33. The quantitative estimate of drug-likeness (QED) is 0.449. The van der Waals surface area contributed by atoms with E-state index >= 15 is 0 Å². The molecule has 3 aromatic rings. The number of aromatic hydroxyl groups is 3. The fourth-order valence-electron chi connectivity index (χ4n) is 3.31. The summed E-state index contributed by atoms with van der Waals surface area (Å²) in [5, 5.41) is 29.9. The van der Waals surface area contributed by atoms with Gasteiger partial charge in [0.25, 0.3) is 0 Å². The predicted molar refractivity (Wildman–Crippen MR) is 119 cm³/mol. The molecule has 1 aromatic heterocycles. The summed E-state index contributed by atoms with van der Waals surface area (Å²) in [6.07, 6.45) is 8.05. The molecular formula is C25H26O5. The van der Waals surface area contributed by atoms with Crippen molar-refractivity contribution in [1.82, 2.24) is 0 Å². The topological polar surface area (TPSA) is 90.9 Å². The molecule has 0 aliphatic carbocycles. The zero-order valence-corrected chi connectivity index (χ0v) is 17.4. The first-order chi connectivity index (χ1) is 14.3. The van der Waals surface area contributed by atoms with E-state index in [4.69, 9.17) is 4.42 Å². The molecule has 0 unspecified atom stereocenters. The van der Waals surface area contributed by atoms with Crippen LogP contribution in [0.25, 0.3) is 22.1 Å². The molecule has 0 saturated carbocycles. The lowest BCUT2D eigenvalue weighted by Crippen LogP contribution is -2.05. The maximum atomic E-state index is 12.9. The molecule has 5 heteroatoms. The van der Waals surface area contributed by atoms with Gasteiger partial charge in [-0.25, -0.2) is 0 Å². The number of allylic oxidation sites excluding steroid dienone is 4. The summed E-state index contributed by atoms with van der Waals surface area (Å²) in [7, 11) is 0. The summed E-state index contributed by atoms with van der Waals surface area (Å²) in [5.74, 6) is -0.367. The minimum absolute atomic E-state index is 0.00920. The number of phenolic OH excluding ortho intramolecular Hbond substituents is 3. The molecular weight excluding hydrogens is 380 g/mol. The monoisotopic (exact) mass is 406 g/mol. The highest BCUT2D eigenvalue weighted by Gasteiger charge is 2.15. The van der Waals surface area contributed by atoms with Crippen LogP contribution in [-0.4, -0.2) is 15.3 Å². The van der Waals surface area contributed by atoms with E-state index in [9.17, 15) is 20.1 Å². The first kappa shape index (κ1) is 21.2. The van der Waals surface area contributed by atoms with Crippen LogP contribution in [0.2, 0.25) is 0 Å². The normalized spacial score (nSPS) is 11.6. The molecule has 1 heterocycles. The van der Waals surface area contributed by atoms with Gasteiger partial charge in [-0.1, -0.05) is 29.4 Å². The van der Waals surface area contributed by atoms with Crippen molar-refractivity contribution in [3.05, 3.63) is 75.7 Å². The number of phenols is 3. The van der Waals surface area contributed by atoms with E-state index in [0.717, 1.165) is 18.9 Å². The Morgan fingerprint density at radius 1 is 1.00 bits per heavy atom. The molecule has 0 atom stereocenters. The third kappa shape index (κ3) is 4.74.